The van der Waals surface area contributed by atoms with E-state index in [9.17, 15) is 31.1 Å². The third-order valence-electron chi connectivity index (χ3n) is 1.84. The number of alkyl halides is 6. The number of rotatable bonds is 3. The number of nitrogens with zero attached hydrogens (tertiary/aromatic N) is 2. The Kier molecular flexibility index (Phi) is 4.40. The molecule has 0 fully saturated rings. The van der Waals surface area contributed by atoms with Crippen LogP contribution < -0.4 is 4.74 Å². The number of esters is 1. The van der Waals surface area contributed by atoms with Crippen LogP contribution in [-0.2, 0) is 4.74 Å². The van der Waals surface area contributed by atoms with Crippen LogP contribution in [0.4, 0.5) is 26.3 Å². The molecule has 1 rings (SSSR count). The lowest BCUT2D eigenvalue weighted by molar-refractivity contribution is -0.300. The first-order valence-electron chi connectivity index (χ1n) is 4.76. The normalized spacial score (nSPS) is 12.4. The largest absolute Gasteiger partial charge is 0.464 e. The number of methoxy groups -OCH3 is 1. The Bertz CT molecular complexity index is 473. The minimum Gasteiger partial charge on any atom is -0.464 e. The van der Waals surface area contributed by atoms with Crippen LogP contribution in [0.15, 0.2) is 12.4 Å². The number of hydrogen-bond acceptors (Lipinski definition) is 5. The molecule has 0 bridgehead atoms. The van der Waals surface area contributed by atoms with E-state index in [1.807, 2.05) is 0 Å². The van der Waals surface area contributed by atoms with Gasteiger partial charge in [0, 0.05) is 0 Å². The van der Waals surface area contributed by atoms with Crippen molar-refractivity contribution in [3.05, 3.63) is 18.1 Å². The van der Waals surface area contributed by atoms with Crippen molar-refractivity contribution in [1.29, 1.82) is 0 Å². The topological polar surface area (TPSA) is 61.3 Å². The molecule has 0 saturated heterocycles. The van der Waals surface area contributed by atoms with Gasteiger partial charge in [-0.1, -0.05) is 0 Å². The standard InChI is InChI=1S/C9H6F6N2O3/c1-19-6(18)4-2-16-3-5(17-4)20-7(8(10,11)12)9(13,14)15/h2-3,7H,1H3. The van der Waals surface area contributed by atoms with Gasteiger partial charge in [0.05, 0.1) is 19.5 Å². The monoisotopic (exact) mass is 304 g/mol. The van der Waals surface area contributed by atoms with Gasteiger partial charge in [0.15, 0.2) is 5.69 Å². The highest BCUT2D eigenvalue weighted by Gasteiger charge is 2.59. The Morgan fingerprint density at radius 2 is 1.70 bits per heavy atom. The zero-order chi connectivity index (χ0) is 15.6. The molecule has 0 saturated carbocycles. The van der Waals surface area contributed by atoms with Gasteiger partial charge in [0.1, 0.15) is 0 Å². The fourth-order valence-electron chi connectivity index (χ4n) is 1.05. The van der Waals surface area contributed by atoms with E-state index in [0.29, 0.717) is 6.20 Å². The minimum atomic E-state index is -5.69. The highest BCUT2D eigenvalue weighted by molar-refractivity contribution is 5.86. The van der Waals surface area contributed by atoms with Crippen LogP contribution in [0.3, 0.4) is 0 Å². The highest BCUT2D eigenvalue weighted by Crippen LogP contribution is 2.35. The van der Waals surface area contributed by atoms with Crippen molar-refractivity contribution in [1.82, 2.24) is 9.97 Å². The van der Waals surface area contributed by atoms with Crippen LogP contribution in [0.1, 0.15) is 10.5 Å². The average Bonchev–Trinajstić information content (AvgIpc) is 2.32. The van der Waals surface area contributed by atoms with Crippen molar-refractivity contribution < 1.29 is 40.6 Å². The van der Waals surface area contributed by atoms with Gasteiger partial charge < -0.3 is 9.47 Å². The number of carbonyl (C=O) groups excluding carboxylic acids is 1. The van der Waals surface area contributed by atoms with Gasteiger partial charge in [-0.25, -0.2) is 9.78 Å². The van der Waals surface area contributed by atoms with E-state index in [1.54, 1.807) is 0 Å². The first kappa shape index (κ1) is 16.0. The fourth-order valence-corrected chi connectivity index (χ4v) is 1.05. The van der Waals surface area contributed by atoms with Crippen LogP contribution in [0.5, 0.6) is 5.88 Å². The van der Waals surface area contributed by atoms with Crippen LogP contribution in [0.25, 0.3) is 0 Å². The minimum absolute atomic E-state index is 0.511. The summed E-state index contributed by atoms with van der Waals surface area (Å²) in [6.07, 6.45) is -14.1. The zero-order valence-corrected chi connectivity index (χ0v) is 9.62. The van der Waals surface area contributed by atoms with Gasteiger partial charge >= 0.3 is 18.3 Å². The van der Waals surface area contributed by atoms with Gasteiger partial charge in [-0.15, -0.1) is 0 Å². The molecule has 1 aromatic rings. The lowest BCUT2D eigenvalue weighted by atomic mass is 10.3. The van der Waals surface area contributed by atoms with E-state index >= 15 is 0 Å². The summed E-state index contributed by atoms with van der Waals surface area (Å²) in [6.45, 7) is 0. The van der Waals surface area contributed by atoms with Gasteiger partial charge in [0.25, 0.3) is 6.10 Å². The quantitative estimate of drug-likeness (QED) is 0.632. The smallest absolute Gasteiger partial charge is 0.434 e. The second kappa shape index (κ2) is 5.51. The van der Waals surface area contributed by atoms with Gasteiger partial charge in [-0.2, -0.15) is 26.3 Å². The Hall–Kier alpha value is -2.07. The molecule has 0 unspecified atom stereocenters. The second-order valence-corrected chi connectivity index (χ2v) is 3.32. The lowest BCUT2D eigenvalue weighted by Crippen LogP contribution is -2.46. The van der Waals surface area contributed by atoms with Crippen molar-refractivity contribution in [3.8, 4) is 5.88 Å². The first-order valence-corrected chi connectivity index (χ1v) is 4.76. The number of aromatic nitrogens is 2. The fraction of sp³-hybridized carbons (Fsp3) is 0.444. The third-order valence-corrected chi connectivity index (χ3v) is 1.84. The summed E-state index contributed by atoms with van der Waals surface area (Å²) in [7, 11) is 0.950. The summed E-state index contributed by atoms with van der Waals surface area (Å²) in [5, 5.41) is 0. The van der Waals surface area contributed by atoms with Crippen molar-refractivity contribution in [2.24, 2.45) is 0 Å². The predicted octanol–water partition coefficient (Wildman–Crippen LogP) is 2.14. The molecule has 5 nitrogen and oxygen atoms in total. The molecule has 0 aliphatic heterocycles. The Balaban J connectivity index is 3.04. The molecule has 11 heteroatoms. The molecule has 0 atom stereocenters. The summed E-state index contributed by atoms with van der Waals surface area (Å²) in [5.74, 6) is -2.19. The van der Waals surface area contributed by atoms with Crippen molar-refractivity contribution in [2.45, 2.75) is 18.5 Å². The second-order valence-electron chi connectivity index (χ2n) is 3.32. The van der Waals surface area contributed by atoms with E-state index in [1.165, 1.54) is 0 Å². The van der Waals surface area contributed by atoms with E-state index in [-0.39, 0.29) is 0 Å². The Morgan fingerprint density at radius 3 is 2.15 bits per heavy atom. The molecular formula is C9H6F6N2O3. The average molecular weight is 304 g/mol. The summed E-state index contributed by atoms with van der Waals surface area (Å²) in [4.78, 5) is 17.4. The molecular weight excluding hydrogens is 298 g/mol. The molecule has 20 heavy (non-hydrogen) atoms. The van der Waals surface area contributed by atoms with Crippen molar-refractivity contribution >= 4 is 5.97 Å². The maximum absolute atomic E-state index is 12.2. The molecule has 1 heterocycles. The molecule has 0 spiro atoms. The number of halogens is 6. The van der Waals surface area contributed by atoms with Crippen LogP contribution >= 0.6 is 0 Å². The van der Waals surface area contributed by atoms with E-state index in [0.717, 1.165) is 13.3 Å². The molecule has 112 valence electrons. The van der Waals surface area contributed by atoms with E-state index in [2.05, 4.69) is 19.4 Å². The third kappa shape index (κ3) is 3.96. The summed E-state index contributed by atoms with van der Waals surface area (Å²) in [6, 6.07) is 0. The summed E-state index contributed by atoms with van der Waals surface area (Å²) >= 11 is 0. The first-order chi connectivity index (χ1) is 9.05. The molecule has 0 aliphatic carbocycles. The van der Waals surface area contributed by atoms with Crippen LogP contribution in [-0.4, -0.2) is 41.5 Å². The molecule has 0 radical (unpaired) electrons. The maximum Gasteiger partial charge on any atom is 0.434 e. The van der Waals surface area contributed by atoms with E-state index < -0.39 is 36.0 Å². The lowest BCUT2D eigenvalue weighted by Gasteiger charge is -2.23. The maximum atomic E-state index is 12.2. The number of hydrogen-bond donors (Lipinski definition) is 0. The van der Waals surface area contributed by atoms with Crippen molar-refractivity contribution in [2.75, 3.05) is 7.11 Å². The van der Waals surface area contributed by atoms with Gasteiger partial charge in [0.2, 0.25) is 5.88 Å². The molecule has 0 amide bonds. The van der Waals surface area contributed by atoms with Gasteiger partial charge in [-0.05, 0) is 0 Å². The highest BCUT2D eigenvalue weighted by atomic mass is 19.4. The molecule has 0 aliphatic rings. The molecule has 0 N–H and O–H groups in total. The van der Waals surface area contributed by atoms with E-state index in [4.69, 9.17) is 0 Å². The van der Waals surface area contributed by atoms with Crippen LogP contribution in [0, 0.1) is 0 Å². The summed E-state index contributed by atoms with van der Waals surface area (Å²) < 4.78 is 81.4. The zero-order valence-electron chi connectivity index (χ0n) is 9.62. The molecule has 0 aromatic carbocycles. The Labute approximate surface area is 107 Å². The number of ether oxygens (including phenoxy) is 2. The summed E-state index contributed by atoms with van der Waals surface area (Å²) in [5.41, 5.74) is -0.590. The van der Waals surface area contributed by atoms with Crippen LogP contribution in [0.2, 0.25) is 0 Å². The number of carbonyl (C=O) groups is 1. The SMILES string of the molecule is COC(=O)c1cncc(OC(C(F)(F)F)C(F)(F)F)n1. The Morgan fingerprint density at radius 1 is 1.15 bits per heavy atom. The van der Waals surface area contributed by atoms with Crippen molar-refractivity contribution in [3.63, 3.8) is 0 Å². The van der Waals surface area contributed by atoms with Gasteiger partial charge in [-0.3, -0.25) is 4.98 Å². The predicted molar refractivity (Wildman–Crippen MR) is 49.9 cm³/mol. The molecule has 1 aromatic heterocycles.